The van der Waals surface area contributed by atoms with E-state index in [0.29, 0.717) is 0 Å². The molecule has 1 aromatic rings. The van der Waals surface area contributed by atoms with Crippen LogP contribution in [0.2, 0.25) is 0 Å². The number of aromatic nitrogens is 1. The third-order valence-corrected chi connectivity index (χ3v) is 2.95. The lowest BCUT2D eigenvalue weighted by Gasteiger charge is -2.06. The molecule has 3 heteroatoms. The highest BCUT2D eigenvalue weighted by Gasteiger charge is 2.07. The molecule has 0 amide bonds. The Morgan fingerprint density at radius 2 is 2.17 bits per heavy atom. The van der Waals surface area contributed by atoms with Crippen LogP contribution in [0.4, 0.5) is 0 Å². The fraction of sp³-hybridized carbons (Fsp3) is 0.444. The average molecular weight is 183 g/mol. The maximum Gasteiger partial charge on any atom is 0.193 e. The fourth-order valence-electron chi connectivity index (χ4n) is 1.03. The SMILES string of the molecule is CCSc1cc[n+]([O-])c(C)c1C. The Morgan fingerprint density at radius 1 is 1.50 bits per heavy atom. The molecule has 0 N–H and O–H groups in total. The molecule has 1 rings (SSSR count). The summed E-state index contributed by atoms with van der Waals surface area (Å²) in [4.78, 5) is 1.21. The van der Waals surface area contributed by atoms with E-state index >= 15 is 0 Å². The molecule has 0 radical (unpaired) electrons. The van der Waals surface area contributed by atoms with Gasteiger partial charge >= 0.3 is 0 Å². The van der Waals surface area contributed by atoms with Gasteiger partial charge in [0.1, 0.15) is 0 Å². The molecule has 1 heterocycles. The van der Waals surface area contributed by atoms with E-state index in [2.05, 4.69) is 6.92 Å². The standard InChI is InChI=1S/C9H13NOS/c1-4-12-9-5-6-10(11)8(3)7(9)2/h5-6H,4H2,1-3H3. The summed E-state index contributed by atoms with van der Waals surface area (Å²) < 4.78 is 0.912. The molecule has 0 aromatic carbocycles. The van der Waals surface area contributed by atoms with Crippen LogP contribution >= 0.6 is 11.8 Å². The first kappa shape index (κ1) is 9.39. The van der Waals surface area contributed by atoms with E-state index in [1.165, 1.54) is 4.90 Å². The molecule has 0 bridgehead atoms. The Labute approximate surface area is 77.2 Å². The maximum atomic E-state index is 11.1. The second-order valence-electron chi connectivity index (χ2n) is 2.65. The number of thioether (sulfide) groups is 1. The topological polar surface area (TPSA) is 26.9 Å². The summed E-state index contributed by atoms with van der Waals surface area (Å²) >= 11 is 1.77. The molecule has 0 aliphatic heterocycles. The zero-order valence-corrected chi connectivity index (χ0v) is 8.44. The van der Waals surface area contributed by atoms with Gasteiger partial charge in [0.25, 0.3) is 0 Å². The monoisotopic (exact) mass is 183 g/mol. The first-order valence-electron chi connectivity index (χ1n) is 3.99. The van der Waals surface area contributed by atoms with Gasteiger partial charge in [-0.05, 0) is 12.7 Å². The van der Waals surface area contributed by atoms with Gasteiger partial charge in [0.2, 0.25) is 0 Å². The maximum absolute atomic E-state index is 11.1. The zero-order chi connectivity index (χ0) is 9.14. The minimum Gasteiger partial charge on any atom is -0.619 e. The first-order valence-corrected chi connectivity index (χ1v) is 4.97. The van der Waals surface area contributed by atoms with Crippen LogP contribution in [-0.4, -0.2) is 5.75 Å². The predicted molar refractivity (Wildman–Crippen MR) is 51.3 cm³/mol. The van der Waals surface area contributed by atoms with Crippen molar-refractivity contribution in [3.05, 3.63) is 28.7 Å². The molecule has 0 atom stereocenters. The predicted octanol–water partition coefficient (Wildman–Crippen LogP) is 2.05. The van der Waals surface area contributed by atoms with Gasteiger partial charge in [-0.1, -0.05) is 6.92 Å². The summed E-state index contributed by atoms with van der Waals surface area (Å²) in [6.45, 7) is 5.95. The van der Waals surface area contributed by atoms with Crippen LogP contribution in [-0.2, 0) is 0 Å². The van der Waals surface area contributed by atoms with Crippen molar-refractivity contribution in [2.45, 2.75) is 25.7 Å². The van der Waals surface area contributed by atoms with Crippen molar-refractivity contribution in [3.63, 3.8) is 0 Å². The van der Waals surface area contributed by atoms with Crippen LogP contribution in [0.15, 0.2) is 17.2 Å². The molecule has 0 fully saturated rings. The summed E-state index contributed by atoms with van der Waals surface area (Å²) in [5, 5.41) is 11.1. The molecule has 66 valence electrons. The highest BCUT2D eigenvalue weighted by molar-refractivity contribution is 7.99. The Hall–Kier alpha value is -0.700. The lowest BCUT2D eigenvalue weighted by molar-refractivity contribution is -0.613. The van der Waals surface area contributed by atoms with Crippen molar-refractivity contribution < 1.29 is 4.73 Å². The van der Waals surface area contributed by atoms with E-state index in [-0.39, 0.29) is 0 Å². The lowest BCUT2D eigenvalue weighted by Crippen LogP contribution is -2.30. The van der Waals surface area contributed by atoms with E-state index in [1.54, 1.807) is 18.0 Å². The normalized spacial score (nSPS) is 10.2. The Balaban J connectivity index is 3.08. The minimum atomic E-state index is 0.799. The van der Waals surface area contributed by atoms with Crippen molar-refractivity contribution >= 4 is 11.8 Å². The Morgan fingerprint density at radius 3 is 2.75 bits per heavy atom. The van der Waals surface area contributed by atoms with E-state index < -0.39 is 0 Å². The third-order valence-electron chi connectivity index (χ3n) is 1.90. The van der Waals surface area contributed by atoms with Crippen molar-refractivity contribution in [3.8, 4) is 0 Å². The van der Waals surface area contributed by atoms with Gasteiger partial charge in [-0.2, -0.15) is 4.73 Å². The van der Waals surface area contributed by atoms with Crippen LogP contribution in [0.5, 0.6) is 0 Å². The number of hydrogen-bond acceptors (Lipinski definition) is 2. The second-order valence-corrected chi connectivity index (χ2v) is 3.96. The highest BCUT2D eigenvalue weighted by atomic mass is 32.2. The van der Waals surface area contributed by atoms with Crippen LogP contribution in [0.25, 0.3) is 0 Å². The fourth-order valence-corrected chi connectivity index (χ4v) is 1.86. The number of nitrogens with zero attached hydrogens (tertiary/aromatic N) is 1. The van der Waals surface area contributed by atoms with Crippen LogP contribution in [0.3, 0.4) is 0 Å². The first-order chi connectivity index (χ1) is 5.66. The molecule has 0 aliphatic carbocycles. The molecule has 0 unspecified atom stereocenters. The Bertz CT molecular complexity index is 286. The molecular weight excluding hydrogens is 170 g/mol. The number of pyridine rings is 1. The summed E-state index contributed by atoms with van der Waals surface area (Å²) in [5.41, 5.74) is 1.90. The molecule has 0 saturated carbocycles. The van der Waals surface area contributed by atoms with Crippen LogP contribution in [0, 0.1) is 19.1 Å². The van der Waals surface area contributed by atoms with E-state index in [9.17, 15) is 5.21 Å². The second kappa shape index (κ2) is 3.81. The quantitative estimate of drug-likeness (QED) is 0.398. The Kier molecular flexibility index (Phi) is 2.98. The van der Waals surface area contributed by atoms with Gasteiger partial charge < -0.3 is 5.21 Å². The van der Waals surface area contributed by atoms with Crippen molar-refractivity contribution in [1.29, 1.82) is 0 Å². The van der Waals surface area contributed by atoms with Crippen molar-refractivity contribution in [1.82, 2.24) is 0 Å². The van der Waals surface area contributed by atoms with Gasteiger partial charge in [-0.3, -0.25) is 0 Å². The summed E-state index contributed by atoms with van der Waals surface area (Å²) in [5.74, 6) is 1.04. The van der Waals surface area contributed by atoms with E-state index in [4.69, 9.17) is 0 Å². The molecule has 1 aromatic heterocycles. The summed E-state index contributed by atoms with van der Waals surface area (Å²) in [6.07, 6.45) is 1.57. The number of rotatable bonds is 2. The largest absolute Gasteiger partial charge is 0.619 e. The molecule has 0 spiro atoms. The number of hydrogen-bond donors (Lipinski definition) is 0. The summed E-state index contributed by atoms with van der Waals surface area (Å²) in [6, 6.07) is 1.88. The third kappa shape index (κ3) is 1.72. The molecular formula is C9H13NOS. The zero-order valence-electron chi connectivity index (χ0n) is 7.63. The van der Waals surface area contributed by atoms with Crippen LogP contribution in [0.1, 0.15) is 18.2 Å². The van der Waals surface area contributed by atoms with Gasteiger partial charge in [0, 0.05) is 23.4 Å². The van der Waals surface area contributed by atoms with Gasteiger partial charge in [-0.25, -0.2) is 0 Å². The van der Waals surface area contributed by atoms with Gasteiger partial charge in [-0.15, -0.1) is 11.8 Å². The smallest absolute Gasteiger partial charge is 0.193 e. The van der Waals surface area contributed by atoms with E-state index in [1.807, 2.05) is 19.9 Å². The van der Waals surface area contributed by atoms with Crippen molar-refractivity contribution in [2.24, 2.45) is 0 Å². The highest BCUT2D eigenvalue weighted by Crippen LogP contribution is 2.21. The minimum absolute atomic E-state index is 0.799. The van der Waals surface area contributed by atoms with E-state index in [0.717, 1.165) is 21.7 Å². The average Bonchev–Trinajstić information content (AvgIpc) is 2.07. The van der Waals surface area contributed by atoms with Crippen molar-refractivity contribution in [2.75, 3.05) is 5.75 Å². The molecule has 12 heavy (non-hydrogen) atoms. The summed E-state index contributed by atoms with van der Waals surface area (Å²) in [7, 11) is 0. The van der Waals surface area contributed by atoms with Gasteiger partial charge in [0.15, 0.2) is 11.9 Å². The van der Waals surface area contributed by atoms with Gasteiger partial charge in [0.05, 0.1) is 0 Å². The molecule has 2 nitrogen and oxygen atoms in total. The molecule has 0 saturated heterocycles. The lowest BCUT2D eigenvalue weighted by atomic mass is 10.2. The van der Waals surface area contributed by atoms with Crippen LogP contribution < -0.4 is 4.73 Å². The molecule has 0 aliphatic rings.